The van der Waals surface area contributed by atoms with Gasteiger partial charge in [0.1, 0.15) is 0 Å². The van der Waals surface area contributed by atoms with Crippen molar-refractivity contribution in [3.05, 3.63) is 15.6 Å². The molecule has 0 bridgehead atoms. The highest BCUT2D eigenvalue weighted by molar-refractivity contribution is 7.11. The van der Waals surface area contributed by atoms with E-state index in [1.807, 2.05) is 7.05 Å². The predicted molar refractivity (Wildman–Crippen MR) is 110 cm³/mol. The molecule has 1 saturated heterocycles. The zero-order chi connectivity index (χ0) is 18.9. The summed E-state index contributed by atoms with van der Waals surface area (Å²) in [7, 11) is 1.83. The molecule has 2 heterocycles. The Bertz CT molecular complexity index is 564. The maximum Gasteiger partial charge on any atom is 0.191 e. The molecule has 0 saturated carbocycles. The lowest BCUT2D eigenvalue weighted by Crippen LogP contribution is -2.53. The Hall–Kier alpha value is -1.18. The molecule has 0 amide bonds. The topological polar surface area (TPSA) is 61.8 Å². The number of guanidine groups is 1. The molecule has 1 atom stereocenters. The van der Waals surface area contributed by atoms with Crippen molar-refractivity contribution in [2.45, 2.75) is 53.1 Å². The van der Waals surface area contributed by atoms with Gasteiger partial charge in [0.15, 0.2) is 5.96 Å². The number of hydrogen-bond donors (Lipinski definition) is 2. The van der Waals surface area contributed by atoms with Crippen molar-refractivity contribution >= 4 is 17.3 Å². The van der Waals surface area contributed by atoms with Gasteiger partial charge in [-0.3, -0.25) is 9.89 Å². The monoisotopic (exact) mass is 381 g/mol. The van der Waals surface area contributed by atoms with Crippen LogP contribution in [-0.2, 0) is 11.3 Å². The normalized spacial score (nSPS) is 17.5. The predicted octanol–water partition coefficient (Wildman–Crippen LogP) is 2.56. The van der Waals surface area contributed by atoms with Gasteiger partial charge in [-0.2, -0.15) is 0 Å². The van der Waals surface area contributed by atoms with Crippen LogP contribution >= 0.6 is 11.3 Å². The van der Waals surface area contributed by atoms with Crippen LogP contribution in [0.25, 0.3) is 0 Å². The smallest absolute Gasteiger partial charge is 0.191 e. The van der Waals surface area contributed by atoms with Crippen molar-refractivity contribution in [2.24, 2.45) is 10.9 Å². The molecule has 0 aromatic carbocycles. The SMILES string of the molecule is CCC(CC)C(CNC(=NC)NCc1sc(C)nc1C)N1CCOCC1. The van der Waals surface area contributed by atoms with Gasteiger partial charge in [0.2, 0.25) is 0 Å². The number of morpholine rings is 1. The van der Waals surface area contributed by atoms with E-state index in [9.17, 15) is 0 Å². The summed E-state index contributed by atoms with van der Waals surface area (Å²) >= 11 is 1.75. The van der Waals surface area contributed by atoms with E-state index >= 15 is 0 Å². The molecule has 148 valence electrons. The van der Waals surface area contributed by atoms with E-state index in [0.717, 1.165) is 56.1 Å². The molecule has 0 radical (unpaired) electrons. The van der Waals surface area contributed by atoms with Crippen LogP contribution in [0.3, 0.4) is 0 Å². The maximum absolute atomic E-state index is 5.54. The first kappa shape index (κ1) is 21.1. The molecule has 1 unspecified atom stereocenters. The van der Waals surface area contributed by atoms with E-state index < -0.39 is 0 Å². The summed E-state index contributed by atoms with van der Waals surface area (Å²) in [5, 5.41) is 8.11. The van der Waals surface area contributed by atoms with Gasteiger partial charge in [-0.25, -0.2) is 4.98 Å². The van der Waals surface area contributed by atoms with Crippen molar-refractivity contribution in [3.8, 4) is 0 Å². The quantitative estimate of drug-likeness (QED) is 0.535. The van der Waals surface area contributed by atoms with E-state index in [-0.39, 0.29) is 0 Å². The lowest BCUT2D eigenvalue weighted by Gasteiger charge is -2.39. The van der Waals surface area contributed by atoms with Crippen molar-refractivity contribution in [1.29, 1.82) is 0 Å². The molecule has 7 heteroatoms. The second-order valence-corrected chi connectivity index (χ2v) is 8.13. The van der Waals surface area contributed by atoms with Crippen LogP contribution in [0.2, 0.25) is 0 Å². The number of aliphatic imine (C=N–C) groups is 1. The second kappa shape index (κ2) is 10.8. The minimum Gasteiger partial charge on any atom is -0.379 e. The van der Waals surface area contributed by atoms with E-state index in [0.29, 0.717) is 12.0 Å². The summed E-state index contributed by atoms with van der Waals surface area (Å²) < 4.78 is 5.54. The van der Waals surface area contributed by atoms with Gasteiger partial charge in [-0.05, 0) is 19.8 Å². The fraction of sp³-hybridized carbons (Fsp3) is 0.789. The van der Waals surface area contributed by atoms with Gasteiger partial charge in [0.25, 0.3) is 0 Å². The Kier molecular flexibility index (Phi) is 8.81. The standard InChI is InChI=1S/C19H35N5OS/c1-6-16(7-2)17(24-8-10-25-11-9-24)12-21-19(20-5)22-13-18-14(3)23-15(4)26-18/h16-17H,6-13H2,1-5H3,(H2,20,21,22). The van der Waals surface area contributed by atoms with Crippen molar-refractivity contribution in [1.82, 2.24) is 20.5 Å². The van der Waals surface area contributed by atoms with Gasteiger partial charge in [-0.15, -0.1) is 11.3 Å². The number of nitrogens with one attached hydrogen (secondary N) is 2. The average Bonchev–Trinajstić information content (AvgIpc) is 2.99. The highest BCUT2D eigenvalue weighted by atomic mass is 32.1. The third-order valence-corrected chi connectivity index (χ3v) is 6.30. The van der Waals surface area contributed by atoms with Gasteiger partial charge >= 0.3 is 0 Å². The molecule has 1 aliphatic heterocycles. The molecule has 0 aliphatic carbocycles. The summed E-state index contributed by atoms with van der Waals surface area (Å²) in [6, 6.07) is 0.514. The Morgan fingerprint density at radius 3 is 2.46 bits per heavy atom. The number of nitrogens with zero attached hydrogens (tertiary/aromatic N) is 3. The van der Waals surface area contributed by atoms with E-state index in [1.165, 1.54) is 17.7 Å². The first-order valence-electron chi connectivity index (χ1n) is 9.78. The molecule has 1 aromatic rings. The average molecular weight is 382 g/mol. The summed E-state index contributed by atoms with van der Waals surface area (Å²) in [5.74, 6) is 1.55. The van der Waals surface area contributed by atoms with E-state index in [1.54, 1.807) is 11.3 Å². The lowest BCUT2D eigenvalue weighted by atomic mass is 9.92. The van der Waals surface area contributed by atoms with Crippen LogP contribution < -0.4 is 10.6 Å². The molecule has 6 nitrogen and oxygen atoms in total. The van der Waals surface area contributed by atoms with Crippen LogP contribution in [0.5, 0.6) is 0 Å². The van der Waals surface area contributed by atoms with Gasteiger partial charge in [-0.1, -0.05) is 26.7 Å². The summed E-state index contributed by atoms with van der Waals surface area (Å²) in [4.78, 5) is 12.8. The van der Waals surface area contributed by atoms with E-state index in [4.69, 9.17) is 4.74 Å². The van der Waals surface area contributed by atoms with E-state index in [2.05, 4.69) is 53.2 Å². The summed E-state index contributed by atoms with van der Waals surface area (Å²) in [6.07, 6.45) is 2.40. The fourth-order valence-corrected chi connectivity index (χ4v) is 4.54. The second-order valence-electron chi connectivity index (χ2n) is 6.84. The minimum absolute atomic E-state index is 0.514. The van der Waals surface area contributed by atoms with Gasteiger partial charge in [0, 0.05) is 37.6 Å². The fourth-order valence-electron chi connectivity index (χ4n) is 3.66. The Balaban J connectivity index is 1.92. The summed E-state index contributed by atoms with van der Waals surface area (Å²) in [6.45, 7) is 14.1. The van der Waals surface area contributed by atoms with Crippen LogP contribution in [-0.4, -0.2) is 61.8 Å². The number of ether oxygens (including phenoxy) is 1. The lowest BCUT2D eigenvalue weighted by molar-refractivity contribution is 0.00272. The van der Waals surface area contributed by atoms with Gasteiger partial charge in [0.05, 0.1) is 30.5 Å². The number of hydrogen-bond acceptors (Lipinski definition) is 5. The largest absolute Gasteiger partial charge is 0.379 e. The Morgan fingerprint density at radius 2 is 1.92 bits per heavy atom. The van der Waals surface area contributed by atoms with Crippen LogP contribution in [0.4, 0.5) is 0 Å². The zero-order valence-corrected chi connectivity index (χ0v) is 17.8. The molecule has 1 aliphatic rings. The number of thiazole rings is 1. The Labute approximate surface area is 162 Å². The molecular formula is C19H35N5OS. The van der Waals surface area contributed by atoms with Crippen molar-refractivity contribution in [2.75, 3.05) is 39.9 Å². The maximum atomic E-state index is 5.54. The number of aromatic nitrogens is 1. The van der Waals surface area contributed by atoms with Crippen LogP contribution in [0, 0.1) is 19.8 Å². The van der Waals surface area contributed by atoms with Crippen molar-refractivity contribution in [3.63, 3.8) is 0 Å². The first-order chi connectivity index (χ1) is 12.6. The highest BCUT2D eigenvalue weighted by Crippen LogP contribution is 2.20. The minimum atomic E-state index is 0.514. The van der Waals surface area contributed by atoms with Crippen LogP contribution in [0.1, 0.15) is 42.3 Å². The van der Waals surface area contributed by atoms with Gasteiger partial charge < -0.3 is 15.4 Å². The van der Waals surface area contributed by atoms with Crippen LogP contribution in [0.15, 0.2) is 4.99 Å². The molecular weight excluding hydrogens is 346 g/mol. The third-order valence-electron chi connectivity index (χ3n) is 5.23. The number of aryl methyl sites for hydroxylation is 2. The molecule has 1 fully saturated rings. The molecule has 26 heavy (non-hydrogen) atoms. The zero-order valence-electron chi connectivity index (χ0n) is 17.0. The summed E-state index contributed by atoms with van der Waals surface area (Å²) in [5.41, 5.74) is 1.11. The molecule has 1 aromatic heterocycles. The Morgan fingerprint density at radius 1 is 1.23 bits per heavy atom. The third kappa shape index (κ3) is 5.93. The first-order valence-corrected chi connectivity index (χ1v) is 10.6. The molecule has 0 spiro atoms. The number of rotatable bonds is 8. The molecule has 2 N–H and O–H groups in total. The van der Waals surface area contributed by atoms with Crippen molar-refractivity contribution < 1.29 is 4.74 Å². The molecule has 2 rings (SSSR count). The highest BCUT2D eigenvalue weighted by Gasteiger charge is 2.27.